The Balaban J connectivity index is 1.49. The zero-order valence-corrected chi connectivity index (χ0v) is 23.7. The molecule has 0 aliphatic carbocycles. The minimum absolute atomic E-state index is 0.0426. The van der Waals surface area contributed by atoms with Crippen LogP contribution in [0.15, 0.2) is 58.4 Å². The van der Waals surface area contributed by atoms with Crippen molar-refractivity contribution in [2.45, 2.75) is 51.2 Å². The number of guanidine groups is 1. The molecule has 0 amide bonds. The molecular weight excluding hydrogens is 547 g/mol. The number of fused-ring (bicyclic) bond motifs is 1. The molecule has 0 radical (unpaired) electrons. The third kappa shape index (κ3) is 7.92. The van der Waals surface area contributed by atoms with E-state index in [2.05, 4.69) is 20.3 Å². The summed E-state index contributed by atoms with van der Waals surface area (Å²) in [5, 5.41) is 13.3. The predicted molar refractivity (Wildman–Crippen MR) is 162 cm³/mol. The van der Waals surface area contributed by atoms with E-state index in [4.69, 9.17) is 28.8 Å². The lowest BCUT2D eigenvalue weighted by Crippen LogP contribution is -2.28. The fourth-order valence-corrected chi connectivity index (χ4v) is 4.86. The van der Waals surface area contributed by atoms with Crippen LogP contribution in [0.4, 0.5) is 4.39 Å². The Labute approximate surface area is 242 Å². The lowest BCUT2D eigenvalue weighted by molar-refractivity contribution is 0.260. The molecule has 2 heterocycles. The SMILES string of the molecule is C[C@H](N)CCCc1cc(Cl)c(F)c(-c2cc3cn(-c4ccc(CNCC[C@@H](CO)N=C(N)N)cc4)c(=O)nc3[nH]2)c1. The molecule has 2 aromatic heterocycles. The molecule has 0 fully saturated rings. The lowest BCUT2D eigenvalue weighted by Gasteiger charge is -2.11. The Morgan fingerprint density at radius 1 is 1.20 bits per heavy atom. The number of aliphatic hydroxyl groups is 1. The standard InChI is InChI=1S/C29H36ClFN8O2/c1-17(32)3-2-4-19-11-23(26(31)24(30)12-19)25-13-20-15-39(29(41)38-27(20)37-25)22-7-5-18(6-8-22)14-35-10-9-21(16-40)36-28(33)34/h5-8,11-13,15,17,21,35,40H,2-4,9-10,14,16,32H2,1H3,(H4,33,34,36)(H,37,38,41)/t17-,21-/m0/s1. The summed E-state index contributed by atoms with van der Waals surface area (Å²) in [5.74, 6) is -0.579. The number of nitrogens with one attached hydrogen (secondary N) is 2. The summed E-state index contributed by atoms with van der Waals surface area (Å²) in [5.41, 5.74) is 19.9. The van der Waals surface area contributed by atoms with Gasteiger partial charge in [0.15, 0.2) is 11.8 Å². The van der Waals surface area contributed by atoms with E-state index in [9.17, 15) is 9.90 Å². The van der Waals surface area contributed by atoms with Gasteiger partial charge in [-0.1, -0.05) is 23.7 Å². The van der Waals surface area contributed by atoms with Gasteiger partial charge >= 0.3 is 5.69 Å². The summed E-state index contributed by atoms with van der Waals surface area (Å²) in [6.07, 6.45) is 4.72. The van der Waals surface area contributed by atoms with Crippen molar-refractivity contribution in [1.82, 2.24) is 19.9 Å². The van der Waals surface area contributed by atoms with Crippen LogP contribution in [-0.2, 0) is 13.0 Å². The molecular formula is C29H36ClFN8O2. The number of nitrogens with zero attached hydrogens (tertiary/aromatic N) is 3. The number of benzene rings is 2. The molecule has 0 spiro atoms. The van der Waals surface area contributed by atoms with Crippen molar-refractivity contribution in [1.29, 1.82) is 0 Å². The number of halogens is 2. The molecule has 2 atom stereocenters. The molecule has 0 aliphatic heterocycles. The highest BCUT2D eigenvalue weighted by Gasteiger charge is 2.16. The first kappa shape index (κ1) is 30.2. The maximum Gasteiger partial charge on any atom is 0.354 e. The zero-order chi connectivity index (χ0) is 29.5. The molecule has 218 valence electrons. The highest BCUT2D eigenvalue weighted by Crippen LogP contribution is 2.31. The molecule has 0 unspecified atom stereocenters. The number of aliphatic hydroxyl groups excluding tert-OH is 1. The Bertz CT molecular complexity index is 1560. The third-order valence-corrected chi connectivity index (χ3v) is 7.03. The maximum atomic E-state index is 15.0. The second-order valence-electron chi connectivity index (χ2n) is 10.2. The van der Waals surface area contributed by atoms with Crippen molar-refractivity contribution in [3.63, 3.8) is 0 Å². The van der Waals surface area contributed by atoms with E-state index in [-0.39, 0.29) is 29.7 Å². The van der Waals surface area contributed by atoms with Crippen LogP contribution in [-0.4, -0.2) is 50.8 Å². The first-order valence-electron chi connectivity index (χ1n) is 13.5. The number of nitrogens with two attached hydrogens (primary N) is 3. The van der Waals surface area contributed by atoms with Crippen molar-refractivity contribution in [2.75, 3.05) is 13.2 Å². The molecule has 9 N–H and O–H groups in total. The van der Waals surface area contributed by atoms with Crippen molar-refractivity contribution < 1.29 is 9.50 Å². The normalized spacial score (nSPS) is 12.9. The second-order valence-corrected chi connectivity index (χ2v) is 10.6. The second kappa shape index (κ2) is 13.7. The van der Waals surface area contributed by atoms with Crippen LogP contribution in [0.2, 0.25) is 5.02 Å². The van der Waals surface area contributed by atoms with Crippen molar-refractivity contribution in [2.24, 2.45) is 22.2 Å². The molecule has 4 rings (SSSR count). The topological polar surface area (TPSA) is 173 Å². The van der Waals surface area contributed by atoms with Gasteiger partial charge in [0.2, 0.25) is 0 Å². The van der Waals surface area contributed by atoms with Gasteiger partial charge in [0.25, 0.3) is 0 Å². The zero-order valence-electron chi connectivity index (χ0n) is 22.9. The Hall–Kier alpha value is -3.77. The van der Waals surface area contributed by atoms with E-state index in [0.29, 0.717) is 47.5 Å². The molecule has 41 heavy (non-hydrogen) atoms. The quantitative estimate of drug-likeness (QED) is 0.0798. The first-order valence-corrected chi connectivity index (χ1v) is 13.9. The minimum atomic E-state index is -0.531. The highest BCUT2D eigenvalue weighted by molar-refractivity contribution is 6.31. The van der Waals surface area contributed by atoms with Gasteiger partial charge in [-0.05, 0) is 80.6 Å². The van der Waals surface area contributed by atoms with Gasteiger partial charge in [-0.3, -0.25) is 4.57 Å². The summed E-state index contributed by atoms with van der Waals surface area (Å²) in [7, 11) is 0. The van der Waals surface area contributed by atoms with Crippen molar-refractivity contribution >= 4 is 28.6 Å². The average Bonchev–Trinajstić information content (AvgIpc) is 3.34. The van der Waals surface area contributed by atoms with Crippen LogP contribution in [0.1, 0.15) is 37.3 Å². The minimum Gasteiger partial charge on any atom is -0.394 e. The van der Waals surface area contributed by atoms with Crippen molar-refractivity contribution in [3.8, 4) is 16.9 Å². The van der Waals surface area contributed by atoms with Crippen LogP contribution in [0, 0.1) is 5.82 Å². The summed E-state index contributed by atoms with van der Waals surface area (Å²) < 4.78 is 16.5. The van der Waals surface area contributed by atoms with Crippen LogP contribution in [0.5, 0.6) is 0 Å². The predicted octanol–water partition coefficient (Wildman–Crippen LogP) is 2.96. The largest absolute Gasteiger partial charge is 0.394 e. The molecule has 2 aromatic carbocycles. The molecule has 4 aromatic rings. The number of aryl methyl sites for hydroxylation is 1. The van der Waals surface area contributed by atoms with Crippen molar-refractivity contribution in [3.05, 3.63) is 81.1 Å². The van der Waals surface area contributed by atoms with Gasteiger partial charge in [-0.15, -0.1) is 0 Å². The fourth-order valence-electron chi connectivity index (χ4n) is 4.62. The Morgan fingerprint density at radius 3 is 2.63 bits per heavy atom. The average molecular weight is 583 g/mol. The Kier molecular flexibility index (Phi) is 10.1. The van der Waals surface area contributed by atoms with Crippen LogP contribution >= 0.6 is 11.6 Å². The van der Waals surface area contributed by atoms with E-state index in [1.165, 1.54) is 4.57 Å². The van der Waals surface area contributed by atoms with Gasteiger partial charge in [0.05, 0.1) is 29.1 Å². The first-order chi connectivity index (χ1) is 19.6. The number of rotatable bonds is 13. The number of hydrogen-bond acceptors (Lipinski definition) is 6. The Morgan fingerprint density at radius 2 is 1.95 bits per heavy atom. The van der Waals surface area contributed by atoms with E-state index in [1.54, 1.807) is 24.4 Å². The summed E-state index contributed by atoms with van der Waals surface area (Å²) >= 11 is 6.22. The van der Waals surface area contributed by atoms with Crippen LogP contribution in [0.25, 0.3) is 28.0 Å². The van der Waals surface area contributed by atoms with E-state index >= 15 is 4.39 Å². The van der Waals surface area contributed by atoms with Gasteiger partial charge < -0.3 is 32.6 Å². The number of aromatic nitrogens is 3. The number of aliphatic imine (C=N–C) groups is 1. The third-order valence-electron chi connectivity index (χ3n) is 6.75. The molecule has 10 nitrogen and oxygen atoms in total. The van der Waals surface area contributed by atoms with Gasteiger partial charge in [0.1, 0.15) is 5.65 Å². The molecule has 0 bridgehead atoms. The number of H-pyrrole nitrogens is 1. The van der Waals surface area contributed by atoms with Gasteiger partial charge in [-0.2, -0.15) is 4.98 Å². The summed E-state index contributed by atoms with van der Waals surface area (Å²) in [4.78, 5) is 24.1. The fraction of sp³-hybridized carbons (Fsp3) is 0.345. The van der Waals surface area contributed by atoms with E-state index < -0.39 is 11.5 Å². The molecule has 12 heteroatoms. The molecule has 0 aliphatic rings. The number of hydrogen-bond donors (Lipinski definition) is 6. The monoisotopic (exact) mass is 582 g/mol. The summed E-state index contributed by atoms with van der Waals surface area (Å²) in [6.45, 7) is 3.03. The van der Waals surface area contributed by atoms with E-state index in [0.717, 1.165) is 30.4 Å². The van der Waals surface area contributed by atoms with Gasteiger partial charge in [-0.25, -0.2) is 14.2 Å². The maximum absolute atomic E-state index is 15.0. The number of aromatic amines is 1. The smallest absolute Gasteiger partial charge is 0.354 e. The highest BCUT2D eigenvalue weighted by atomic mass is 35.5. The summed E-state index contributed by atoms with van der Waals surface area (Å²) in [6, 6.07) is 12.4. The van der Waals surface area contributed by atoms with Crippen LogP contribution < -0.4 is 28.2 Å². The van der Waals surface area contributed by atoms with Crippen LogP contribution in [0.3, 0.4) is 0 Å². The lowest BCUT2D eigenvalue weighted by atomic mass is 10.0. The van der Waals surface area contributed by atoms with E-state index in [1.807, 2.05) is 31.2 Å². The van der Waals surface area contributed by atoms with Gasteiger partial charge in [0, 0.05) is 29.7 Å². The molecule has 0 saturated carbocycles. The molecule has 0 saturated heterocycles.